The van der Waals surface area contributed by atoms with Crippen LogP contribution in [0, 0.1) is 0 Å². The largest absolute Gasteiger partial charge is 0.355 e. The maximum Gasteiger partial charge on any atom is 0.173 e. The van der Waals surface area contributed by atoms with Crippen molar-refractivity contribution >= 4 is 33.9 Å². The van der Waals surface area contributed by atoms with Crippen molar-refractivity contribution in [2.45, 2.75) is 0 Å². The van der Waals surface area contributed by atoms with E-state index in [9.17, 15) is 0 Å². The first-order chi connectivity index (χ1) is 8.16. The summed E-state index contributed by atoms with van der Waals surface area (Å²) in [7, 11) is 3.82. The summed E-state index contributed by atoms with van der Waals surface area (Å²) in [5.41, 5.74) is 2.09. The van der Waals surface area contributed by atoms with E-state index in [0.29, 0.717) is 5.11 Å². The van der Waals surface area contributed by atoms with Gasteiger partial charge < -0.3 is 10.2 Å². The van der Waals surface area contributed by atoms with Gasteiger partial charge in [-0.3, -0.25) is 0 Å². The molecule has 1 heterocycles. The van der Waals surface area contributed by atoms with Crippen molar-refractivity contribution in [2.75, 3.05) is 19.4 Å². The molecule has 0 aliphatic carbocycles. The smallest absolute Gasteiger partial charge is 0.173 e. The molecule has 2 aromatic rings. The number of rotatable bonds is 2. The number of nitrogens with one attached hydrogen (secondary N) is 1. The van der Waals surface area contributed by atoms with Crippen molar-refractivity contribution in [2.24, 2.45) is 0 Å². The van der Waals surface area contributed by atoms with Crippen LogP contribution < -0.4 is 5.32 Å². The molecule has 0 aliphatic rings. The van der Waals surface area contributed by atoms with Crippen LogP contribution >= 0.6 is 23.8 Å². The van der Waals surface area contributed by atoms with Crippen molar-refractivity contribution in [1.82, 2.24) is 9.27 Å². The van der Waals surface area contributed by atoms with Gasteiger partial charge in [-0.15, -0.1) is 0 Å². The number of anilines is 1. The number of benzene rings is 1. The minimum atomic E-state index is 0.688. The normalized spacial score (nSPS) is 10.0. The highest BCUT2D eigenvalue weighted by molar-refractivity contribution is 7.80. The molecule has 0 unspecified atom stereocenters. The van der Waals surface area contributed by atoms with Gasteiger partial charge in [0, 0.05) is 25.7 Å². The first-order valence-corrected chi connectivity index (χ1v) is 6.35. The highest BCUT2D eigenvalue weighted by Gasteiger charge is 2.06. The molecule has 1 N–H and O–H groups in total. The second-order valence-electron chi connectivity index (χ2n) is 3.77. The SMILES string of the molecule is CN(C)C(=S)Nc1cc(-c2ccccc2)ns1. The zero-order valence-electron chi connectivity index (χ0n) is 9.68. The zero-order chi connectivity index (χ0) is 12.3. The third-order valence-corrected chi connectivity index (χ3v) is 3.39. The van der Waals surface area contributed by atoms with Crippen LogP contribution in [0.2, 0.25) is 0 Å². The van der Waals surface area contributed by atoms with Crippen LogP contribution in [0.4, 0.5) is 5.00 Å². The minimum absolute atomic E-state index is 0.688. The standard InChI is InChI=1S/C12H13N3S2/c1-15(2)12(16)13-11-8-10(14-17-11)9-6-4-3-5-7-9/h3-8H,1-2H3,(H,13,16). The minimum Gasteiger partial charge on any atom is -0.355 e. The van der Waals surface area contributed by atoms with E-state index in [2.05, 4.69) is 9.69 Å². The highest BCUT2D eigenvalue weighted by Crippen LogP contribution is 2.25. The van der Waals surface area contributed by atoms with E-state index in [1.54, 1.807) is 0 Å². The molecule has 1 aromatic heterocycles. The topological polar surface area (TPSA) is 28.2 Å². The molecule has 0 fully saturated rings. The van der Waals surface area contributed by atoms with Crippen molar-refractivity contribution in [1.29, 1.82) is 0 Å². The molecule has 88 valence electrons. The monoisotopic (exact) mass is 263 g/mol. The Hall–Kier alpha value is -1.46. The lowest BCUT2D eigenvalue weighted by molar-refractivity contribution is 0.634. The fourth-order valence-electron chi connectivity index (χ4n) is 1.30. The summed E-state index contributed by atoms with van der Waals surface area (Å²) >= 11 is 6.59. The molecule has 0 bridgehead atoms. The highest BCUT2D eigenvalue weighted by atomic mass is 32.1. The van der Waals surface area contributed by atoms with E-state index in [4.69, 9.17) is 12.2 Å². The van der Waals surface area contributed by atoms with Gasteiger partial charge in [0.15, 0.2) is 5.11 Å². The van der Waals surface area contributed by atoms with Gasteiger partial charge in [-0.2, -0.15) is 4.37 Å². The summed E-state index contributed by atoms with van der Waals surface area (Å²) < 4.78 is 4.40. The Bertz CT molecular complexity index is 505. The van der Waals surface area contributed by atoms with Crippen LogP contribution in [0.5, 0.6) is 0 Å². The molecule has 0 amide bonds. The van der Waals surface area contributed by atoms with E-state index >= 15 is 0 Å². The molecular weight excluding hydrogens is 250 g/mol. The zero-order valence-corrected chi connectivity index (χ0v) is 11.3. The molecule has 0 spiro atoms. The molecule has 2 rings (SSSR count). The molecule has 5 heteroatoms. The Labute approximate surface area is 110 Å². The van der Waals surface area contributed by atoms with E-state index in [1.165, 1.54) is 11.5 Å². The Balaban J connectivity index is 2.14. The Kier molecular flexibility index (Phi) is 3.71. The van der Waals surface area contributed by atoms with Crippen molar-refractivity contribution in [3.8, 4) is 11.3 Å². The van der Waals surface area contributed by atoms with Crippen LogP contribution in [0.3, 0.4) is 0 Å². The van der Waals surface area contributed by atoms with Crippen molar-refractivity contribution in [3.05, 3.63) is 36.4 Å². The van der Waals surface area contributed by atoms with E-state index in [1.807, 2.05) is 55.4 Å². The van der Waals surface area contributed by atoms with Crippen LogP contribution in [-0.2, 0) is 0 Å². The first kappa shape index (κ1) is 12.0. The molecule has 0 aliphatic heterocycles. The third-order valence-electron chi connectivity index (χ3n) is 2.22. The summed E-state index contributed by atoms with van der Waals surface area (Å²) in [5, 5.41) is 4.79. The number of hydrogen-bond donors (Lipinski definition) is 1. The third kappa shape index (κ3) is 3.01. The fourth-order valence-corrected chi connectivity index (χ4v) is 2.13. The van der Waals surface area contributed by atoms with Gasteiger partial charge in [0.05, 0.1) is 5.69 Å². The second-order valence-corrected chi connectivity index (χ2v) is 4.96. The molecular formula is C12H13N3S2. The number of aromatic nitrogens is 1. The molecule has 17 heavy (non-hydrogen) atoms. The van der Waals surface area contributed by atoms with Crippen LogP contribution in [0.15, 0.2) is 36.4 Å². The maximum atomic E-state index is 5.18. The van der Waals surface area contributed by atoms with Crippen LogP contribution in [0.25, 0.3) is 11.3 Å². The van der Waals surface area contributed by atoms with Gasteiger partial charge in [-0.1, -0.05) is 30.3 Å². The fraction of sp³-hybridized carbons (Fsp3) is 0.167. The molecule has 3 nitrogen and oxygen atoms in total. The summed E-state index contributed by atoms with van der Waals surface area (Å²) in [6, 6.07) is 12.1. The Morgan fingerprint density at radius 2 is 2.00 bits per heavy atom. The Morgan fingerprint density at radius 3 is 2.65 bits per heavy atom. The average molecular weight is 263 g/mol. The average Bonchev–Trinajstić information content (AvgIpc) is 2.78. The van der Waals surface area contributed by atoms with Gasteiger partial charge in [0.25, 0.3) is 0 Å². The van der Waals surface area contributed by atoms with Gasteiger partial charge in [-0.05, 0) is 23.8 Å². The van der Waals surface area contributed by atoms with Crippen LogP contribution in [-0.4, -0.2) is 28.5 Å². The van der Waals surface area contributed by atoms with Crippen molar-refractivity contribution in [3.63, 3.8) is 0 Å². The van der Waals surface area contributed by atoms with Gasteiger partial charge in [0.2, 0.25) is 0 Å². The number of thiocarbonyl (C=S) groups is 1. The van der Waals surface area contributed by atoms with Crippen molar-refractivity contribution < 1.29 is 0 Å². The summed E-state index contributed by atoms with van der Waals surface area (Å²) in [6.07, 6.45) is 0. The predicted molar refractivity (Wildman–Crippen MR) is 77.5 cm³/mol. The molecule has 0 saturated heterocycles. The summed E-state index contributed by atoms with van der Waals surface area (Å²) in [6.45, 7) is 0. The van der Waals surface area contributed by atoms with Gasteiger partial charge in [-0.25, -0.2) is 0 Å². The quantitative estimate of drug-likeness (QED) is 0.843. The first-order valence-electron chi connectivity index (χ1n) is 5.17. The number of nitrogens with zero attached hydrogens (tertiary/aromatic N) is 2. The predicted octanol–water partition coefficient (Wildman–Crippen LogP) is 3.07. The van der Waals surface area contributed by atoms with E-state index < -0.39 is 0 Å². The summed E-state index contributed by atoms with van der Waals surface area (Å²) in [4.78, 5) is 1.86. The molecule has 1 aromatic carbocycles. The second kappa shape index (κ2) is 5.25. The Morgan fingerprint density at radius 1 is 1.29 bits per heavy atom. The van der Waals surface area contributed by atoms with E-state index in [0.717, 1.165) is 16.3 Å². The maximum absolute atomic E-state index is 5.18. The lowest BCUT2D eigenvalue weighted by Gasteiger charge is -2.13. The number of hydrogen-bond acceptors (Lipinski definition) is 3. The molecule has 0 saturated carbocycles. The van der Waals surface area contributed by atoms with Gasteiger partial charge in [0.1, 0.15) is 5.00 Å². The lowest BCUT2D eigenvalue weighted by atomic mass is 10.2. The van der Waals surface area contributed by atoms with Gasteiger partial charge >= 0.3 is 0 Å². The molecule has 0 atom stereocenters. The van der Waals surface area contributed by atoms with E-state index in [-0.39, 0.29) is 0 Å². The lowest BCUT2D eigenvalue weighted by Crippen LogP contribution is -2.26. The molecule has 0 radical (unpaired) electrons. The summed E-state index contributed by atoms with van der Waals surface area (Å²) in [5.74, 6) is 0. The van der Waals surface area contributed by atoms with Crippen LogP contribution in [0.1, 0.15) is 0 Å².